The number of nitrogens with zero attached hydrogens (tertiary/aromatic N) is 1. The van der Waals surface area contributed by atoms with E-state index in [0.717, 1.165) is 42.9 Å². The third kappa shape index (κ3) is 4.89. The van der Waals surface area contributed by atoms with E-state index in [2.05, 4.69) is 65.8 Å². The Labute approximate surface area is 163 Å². The number of hydrogen-bond acceptors (Lipinski definition) is 3. The summed E-state index contributed by atoms with van der Waals surface area (Å²) in [5, 5.41) is 6.73. The van der Waals surface area contributed by atoms with E-state index in [9.17, 15) is 4.79 Å². The molecule has 0 unspecified atom stereocenters. The lowest BCUT2D eigenvalue weighted by molar-refractivity contribution is -0.116. The Balaban J connectivity index is 1.62. The van der Waals surface area contributed by atoms with Crippen LogP contribution >= 0.6 is 0 Å². The van der Waals surface area contributed by atoms with Crippen molar-refractivity contribution in [3.63, 3.8) is 0 Å². The first-order chi connectivity index (χ1) is 13.1. The van der Waals surface area contributed by atoms with Crippen LogP contribution in [0.3, 0.4) is 0 Å². The minimum absolute atomic E-state index is 0.0847. The van der Waals surface area contributed by atoms with Gasteiger partial charge in [-0.15, -0.1) is 0 Å². The van der Waals surface area contributed by atoms with Crippen molar-refractivity contribution in [2.75, 3.05) is 23.7 Å². The van der Waals surface area contributed by atoms with Gasteiger partial charge in [-0.25, -0.2) is 0 Å². The summed E-state index contributed by atoms with van der Waals surface area (Å²) in [6.45, 7) is 8.50. The topological polar surface area (TPSA) is 44.4 Å². The second-order valence-corrected chi connectivity index (χ2v) is 7.49. The Morgan fingerprint density at radius 2 is 1.89 bits per heavy atom. The zero-order valence-electron chi connectivity index (χ0n) is 16.7. The van der Waals surface area contributed by atoms with Gasteiger partial charge in [0.05, 0.1) is 0 Å². The number of nitrogens with one attached hydrogen (secondary N) is 2. The smallest absolute Gasteiger partial charge is 0.224 e. The lowest BCUT2D eigenvalue weighted by Gasteiger charge is -2.25. The van der Waals surface area contributed by atoms with Crippen LogP contribution in [0.2, 0.25) is 0 Å². The molecule has 2 aromatic carbocycles. The predicted molar refractivity (Wildman–Crippen MR) is 113 cm³/mol. The van der Waals surface area contributed by atoms with Crippen LogP contribution in [0.1, 0.15) is 50.3 Å². The summed E-state index contributed by atoms with van der Waals surface area (Å²) in [7, 11) is 0. The normalized spacial score (nSPS) is 18.3. The molecule has 1 heterocycles. The monoisotopic (exact) mass is 365 g/mol. The highest BCUT2D eigenvalue weighted by atomic mass is 16.1. The Kier molecular flexibility index (Phi) is 6.51. The van der Waals surface area contributed by atoms with Gasteiger partial charge >= 0.3 is 0 Å². The van der Waals surface area contributed by atoms with Crippen LogP contribution in [0.25, 0.3) is 0 Å². The first-order valence-electron chi connectivity index (χ1n) is 10.0. The quantitative estimate of drug-likeness (QED) is 0.727. The molecule has 0 spiro atoms. The van der Waals surface area contributed by atoms with E-state index in [1.54, 1.807) is 0 Å². The molecule has 0 aliphatic carbocycles. The van der Waals surface area contributed by atoms with E-state index >= 15 is 0 Å². The van der Waals surface area contributed by atoms with Gasteiger partial charge in [-0.05, 0) is 49.9 Å². The Bertz CT molecular complexity index is 759. The number of anilines is 2. The largest absolute Gasteiger partial charge is 0.381 e. The van der Waals surface area contributed by atoms with Gasteiger partial charge in [-0.3, -0.25) is 9.69 Å². The first kappa shape index (κ1) is 19.4. The number of carbonyl (C=O) groups excluding carboxylic acids is 1. The van der Waals surface area contributed by atoms with Crippen molar-refractivity contribution in [2.45, 2.75) is 52.1 Å². The van der Waals surface area contributed by atoms with Crippen LogP contribution < -0.4 is 10.6 Å². The molecular formula is C23H31N3O. The van der Waals surface area contributed by atoms with Gasteiger partial charge in [-0.1, -0.05) is 43.3 Å². The van der Waals surface area contributed by atoms with E-state index in [-0.39, 0.29) is 5.91 Å². The van der Waals surface area contributed by atoms with Gasteiger partial charge < -0.3 is 10.6 Å². The van der Waals surface area contributed by atoms with Gasteiger partial charge in [0.2, 0.25) is 5.91 Å². The number of benzene rings is 2. The molecule has 1 fully saturated rings. The third-order valence-corrected chi connectivity index (χ3v) is 5.49. The molecule has 1 saturated heterocycles. The van der Waals surface area contributed by atoms with Crippen LogP contribution in [0.4, 0.5) is 11.4 Å². The molecule has 2 aromatic rings. The highest BCUT2D eigenvalue weighted by Gasteiger charge is 2.27. The molecule has 144 valence electrons. The second kappa shape index (κ2) is 9.05. The molecule has 4 heteroatoms. The van der Waals surface area contributed by atoms with Crippen molar-refractivity contribution in [2.24, 2.45) is 0 Å². The summed E-state index contributed by atoms with van der Waals surface area (Å²) in [6.07, 6.45) is 2.55. The number of rotatable bonds is 7. The van der Waals surface area contributed by atoms with Crippen molar-refractivity contribution in [1.29, 1.82) is 0 Å². The minimum atomic E-state index is 0.0847. The molecule has 2 N–H and O–H groups in total. The summed E-state index contributed by atoms with van der Waals surface area (Å²) in [5.41, 5.74) is 4.50. The molecule has 0 saturated carbocycles. The first-order valence-corrected chi connectivity index (χ1v) is 10.0. The predicted octanol–water partition coefficient (Wildman–Crippen LogP) is 4.98. The summed E-state index contributed by atoms with van der Waals surface area (Å²) >= 11 is 0. The SMILES string of the molecule is CCCC(=O)Nc1cccc(N[C@H]2CCN([C@H](C)c3ccccc3)C2)c1C. The summed E-state index contributed by atoms with van der Waals surface area (Å²) in [6, 6.07) is 17.7. The zero-order chi connectivity index (χ0) is 19.2. The summed E-state index contributed by atoms with van der Waals surface area (Å²) in [5.74, 6) is 0.0847. The molecule has 1 aliphatic heterocycles. The van der Waals surface area contributed by atoms with Crippen molar-refractivity contribution >= 4 is 17.3 Å². The molecule has 0 radical (unpaired) electrons. The van der Waals surface area contributed by atoms with Gasteiger partial charge in [0.1, 0.15) is 0 Å². The molecule has 2 atom stereocenters. The number of hydrogen-bond donors (Lipinski definition) is 2. The van der Waals surface area contributed by atoms with Gasteiger partial charge in [0, 0.05) is 43.0 Å². The van der Waals surface area contributed by atoms with Gasteiger partial charge in [0.25, 0.3) is 0 Å². The van der Waals surface area contributed by atoms with Crippen LogP contribution in [0.5, 0.6) is 0 Å². The maximum atomic E-state index is 11.9. The Hall–Kier alpha value is -2.33. The van der Waals surface area contributed by atoms with E-state index in [1.165, 1.54) is 5.56 Å². The maximum Gasteiger partial charge on any atom is 0.224 e. The molecule has 3 rings (SSSR count). The molecule has 0 bridgehead atoms. The average molecular weight is 366 g/mol. The second-order valence-electron chi connectivity index (χ2n) is 7.49. The van der Waals surface area contributed by atoms with Crippen molar-refractivity contribution < 1.29 is 4.79 Å². The van der Waals surface area contributed by atoms with E-state index in [0.29, 0.717) is 18.5 Å². The molecular weight excluding hydrogens is 334 g/mol. The maximum absolute atomic E-state index is 11.9. The lowest BCUT2D eigenvalue weighted by Crippen LogP contribution is -2.28. The van der Waals surface area contributed by atoms with Crippen LogP contribution in [-0.2, 0) is 4.79 Å². The van der Waals surface area contributed by atoms with Gasteiger partial charge in [0.15, 0.2) is 0 Å². The number of carbonyl (C=O) groups is 1. The third-order valence-electron chi connectivity index (χ3n) is 5.49. The molecule has 4 nitrogen and oxygen atoms in total. The fourth-order valence-corrected chi connectivity index (χ4v) is 3.79. The van der Waals surface area contributed by atoms with Crippen molar-refractivity contribution in [1.82, 2.24) is 4.90 Å². The van der Waals surface area contributed by atoms with Crippen LogP contribution in [-0.4, -0.2) is 29.9 Å². The standard InChI is InChI=1S/C23H31N3O/c1-4-9-23(27)25-22-13-8-12-21(17(22)2)24-20-14-15-26(16-20)18(3)19-10-6-5-7-11-19/h5-8,10-13,18,20,24H,4,9,14-16H2,1-3H3,(H,25,27)/t18-,20+/m1/s1. The van der Waals surface area contributed by atoms with Crippen LogP contribution in [0, 0.1) is 6.92 Å². The number of amides is 1. The summed E-state index contributed by atoms with van der Waals surface area (Å²) < 4.78 is 0. The fraction of sp³-hybridized carbons (Fsp3) is 0.435. The highest BCUT2D eigenvalue weighted by molar-refractivity contribution is 5.92. The lowest BCUT2D eigenvalue weighted by atomic mass is 10.1. The van der Waals surface area contributed by atoms with E-state index in [1.807, 2.05) is 19.1 Å². The van der Waals surface area contributed by atoms with Crippen molar-refractivity contribution in [3.05, 3.63) is 59.7 Å². The van der Waals surface area contributed by atoms with Gasteiger partial charge in [-0.2, -0.15) is 0 Å². The van der Waals surface area contributed by atoms with Crippen LogP contribution in [0.15, 0.2) is 48.5 Å². The van der Waals surface area contributed by atoms with E-state index in [4.69, 9.17) is 0 Å². The molecule has 0 aromatic heterocycles. The Morgan fingerprint density at radius 3 is 2.63 bits per heavy atom. The average Bonchev–Trinajstić information content (AvgIpc) is 3.14. The number of likely N-dealkylation sites (tertiary alicyclic amines) is 1. The van der Waals surface area contributed by atoms with Crippen molar-refractivity contribution in [3.8, 4) is 0 Å². The molecule has 1 amide bonds. The fourth-order valence-electron chi connectivity index (χ4n) is 3.79. The Morgan fingerprint density at radius 1 is 1.15 bits per heavy atom. The molecule has 1 aliphatic rings. The minimum Gasteiger partial charge on any atom is -0.381 e. The highest BCUT2D eigenvalue weighted by Crippen LogP contribution is 2.29. The van der Waals surface area contributed by atoms with E-state index < -0.39 is 0 Å². The zero-order valence-corrected chi connectivity index (χ0v) is 16.7. The molecule has 27 heavy (non-hydrogen) atoms. The summed E-state index contributed by atoms with van der Waals surface area (Å²) in [4.78, 5) is 14.5.